The Morgan fingerprint density at radius 3 is 2.57 bits per heavy atom. The molecular weight excluding hydrogens is 270 g/mol. The van der Waals surface area contributed by atoms with Gasteiger partial charge in [0.05, 0.1) is 5.41 Å². The molecule has 1 aromatic carbocycles. The van der Waals surface area contributed by atoms with E-state index in [2.05, 4.69) is 6.58 Å². The van der Waals surface area contributed by atoms with Crippen LogP contribution in [-0.4, -0.2) is 33.8 Å². The monoisotopic (exact) mass is 287 g/mol. The summed E-state index contributed by atoms with van der Waals surface area (Å²) in [7, 11) is 0. The first-order valence-electron chi connectivity index (χ1n) is 6.67. The van der Waals surface area contributed by atoms with Gasteiger partial charge in [0.1, 0.15) is 6.04 Å². The fourth-order valence-corrected chi connectivity index (χ4v) is 2.66. The van der Waals surface area contributed by atoms with Gasteiger partial charge in [-0.3, -0.25) is 14.5 Å². The van der Waals surface area contributed by atoms with Gasteiger partial charge in [-0.1, -0.05) is 36.4 Å². The predicted octanol–water partition coefficient (Wildman–Crippen LogP) is 1.73. The van der Waals surface area contributed by atoms with Crippen molar-refractivity contribution in [3.05, 3.63) is 48.6 Å². The molecule has 0 saturated carbocycles. The van der Waals surface area contributed by atoms with Crippen LogP contribution in [0.25, 0.3) is 0 Å². The highest BCUT2D eigenvalue weighted by Crippen LogP contribution is 2.37. The molecule has 1 heterocycles. The summed E-state index contributed by atoms with van der Waals surface area (Å²) in [4.78, 5) is 37.1. The molecule has 0 spiro atoms. The number of hydrogen-bond acceptors (Lipinski definition) is 3. The molecule has 0 aliphatic carbocycles. The summed E-state index contributed by atoms with van der Waals surface area (Å²) in [5.74, 6) is -2.12. The summed E-state index contributed by atoms with van der Waals surface area (Å²) in [6.45, 7) is 5.16. The second-order valence-electron chi connectivity index (χ2n) is 5.32. The SMILES string of the molecule is C=CCC(C(=O)O)N1C(=O)CC(C)(c2ccccc2)C1=O. The number of imide groups is 1. The van der Waals surface area contributed by atoms with Gasteiger partial charge < -0.3 is 5.11 Å². The van der Waals surface area contributed by atoms with Crippen molar-refractivity contribution in [1.82, 2.24) is 4.90 Å². The van der Waals surface area contributed by atoms with Gasteiger partial charge >= 0.3 is 5.97 Å². The number of carboxylic acids is 1. The van der Waals surface area contributed by atoms with Crippen LogP contribution in [0, 0.1) is 0 Å². The highest BCUT2D eigenvalue weighted by Gasteiger charge is 2.52. The van der Waals surface area contributed by atoms with Crippen LogP contribution in [0.3, 0.4) is 0 Å². The number of nitrogens with zero attached hydrogens (tertiary/aromatic N) is 1. The fourth-order valence-electron chi connectivity index (χ4n) is 2.66. The van der Waals surface area contributed by atoms with Gasteiger partial charge in [0.2, 0.25) is 11.8 Å². The van der Waals surface area contributed by atoms with Gasteiger partial charge in [-0.15, -0.1) is 6.58 Å². The fraction of sp³-hybridized carbons (Fsp3) is 0.312. The number of carbonyl (C=O) groups excluding carboxylic acids is 2. The van der Waals surface area contributed by atoms with Gasteiger partial charge in [0.25, 0.3) is 0 Å². The minimum atomic E-state index is -1.20. The first kappa shape index (κ1) is 15.0. The lowest BCUT2D eigenvalue weighted by Gasteiger charge is -2.25. The number of aliphatic carboxylic acids is 1. The van der Waals surface area contributed by atoms with Crippen LogP contribution in [0.5, 0.6) is 0 Å². The van der Waals surface area contributed by atoms with Gasteiger partial charge in [-0.25, -0.2) is 4.79 Å². The molecule has 5 nitrogen and oxygen atoms in total. The van der Waals surface area contributed by atoms with Gasteiger partial charge in [0.15, 0.2) is 0 Å². The minimum Gasteiger partial charge on any atom is -0.480 e. The molecule has 2 amide bonds. The molecule has 0 bridgehead atoms. The molecule has 0 radical (unpaired) electrons. The molecule has 21 heavy (non-hydrogen) atoms. The maximum Gasteiger partial charge on any atom is 0.327 e. The molecule has 2 atom stereocenters. The second kappa shape index (κ2) is 5.52. The van der Waals surface area contributed by atoms with Crippen LogP contribution in [-0.2, 0) is 19.8 Å². The van der Waals surface area contributed by atoms with Crippen molar-refractivity contribution in [2.24, 2.45) is 0 Å². The number of amides is 2. The lowest BCUT2D eigenvalue weighted by Crippen LogP contribution is -2.47. The molecule has 110 valence electrons. The van der Waals surface area contributed by atoms with Crippen molar-refractivity contribution in [3.8, 4) is 0 Å². The van der Waals surface area contributed by atoms with Crippen LogP contribution < -0.4 is 0 Å². The summed E-state index contributed by atoms with van der Waals surface area (Å²) >= 11 is 0. The zero-order valence-electron chi connectivity index (χ0n) is 11.8. The Morgan fingerprint density at radius 2 is 2.05 bits per heavy atom. The van der Waals surface area contributed by atoms with E-state index in [9.17, 15) is 19.5 Å². The Morgan fingerprint density at radius 1 is 1.43 bits per heavy atom. The number of carboxylic acid groups (broad SMARTS) is 1. The quantitative estimate of drug-likeness (QED) is 0.661. The number of likely N-dealkylation sites (tertiary alicyclic amines) is 1. The first-order valence-corrected chi connectivity index (χ1v) is 6.67. The number of carbonyl (C=O) groups is 3. The third-order valence-corrected chi connectivity index (χ3v) is 3.86. The second-order valence-corrected chi connectivity index (χ2v) is 5.32. The zero-order chi connectivity index (χ0) is 15.6. The molecule has 1 saturated heterocycles. The van der Waals surface area contributed by atoms with Crippen LogP contribution in [0.4, 0.5) is 0 Å². The lowest BCUT2D eigenvalue weighted by molar-refractivity contribution is -0.154. The largest absolute Gasteiger partial charge is 0.480 e. The molecule has 1 fully saturated rings. The van der Waals surface area contributed by atoms with E-state index in [0.29, 0.717) is 5.56 Å². The molecule has 1 aliphatic heterocycles. The molecule has 2 unspecified atom stereocenters. The standard InChI is InChI=1S/C16H17NO4/c1-3-7-12(14(19)20)17-13(18)10-16(2,15(17)21)11-8-5-4-6-9-11/h3-6,8-9,12H,1,7,10H2,2H3,(H,19,20). The smallest absolute Gasteiger partial charge is 0.327 e. The molecule has 0 aromatic heterocycles. The van der Waals surface area contributed by atoms with Gasteiger partial charge in [0, 0.05) is 6.42 Å². The minimum absolute atomic E-state index is 0.0171. The van der Waals surface area contributed by atoms with E-state index >= 15 is 0 Å². The van der Waals surface area contributed by atoms with E-state index in [1.54, 1.807) is 31.2 Å². The average Bonchev–Trinajstić information content (AvgIpc) is 2.69. The molecule has 2 rings (SSSR count). The molecule has 1 N–H and O–H groups in total. The molecular formula is C16H17NO4. The summed E-state index contributed by atoms with van der Waals surface area (Å²) < 4.78 is 0. The highest BCUT2D eigenvalue weighted by atomic mass is 16.4. The van der Waals surface area contributed by atoms with E-state index in [4.69, 9.17) is 0 Å². The summed E-state index contributed by atoms with van der Waals surface area (Å²) in [6, 6.07) is 7.77. The third kappa shape index (κ3) is 2.46. The molecule has 1 aliphatic rings. The van der Waals surface area contributed by atoms with E-state index in [1.807, 2.05) is 6.07 Å². The van der Waals surface area contributed by atoms with Crippen molar-refractivity contribution in [2.75, 3.05) is 0 Å². The summed E-state index contributed by atoms with van der Waals surface area (Å²) in [6.07, 6.45) is 1.42. The van der Waals surface area contributed by atoms with Crippen LogP contribution in [0.2, 0.25) is 0 Å². The third-order valence-electron chi connectivity index (χ3n) is 3.86. The van der Waals surface area contributed by atoms with E-state index in [0.717, 1.165) is 4.90 Å². The van der Waals surface area contributed by atoms with Crippen molar-refractivity contribution >= 4 is 17.8 Å². The molecule has 1 aromatic rings. The lowest BCUT2D eigenvalue weighted by atomic mass is 9.81. The normalized spacial score (nSPS) is 23.2. The van der Waals surface area contributed by atoms with Gasteiger partial charge in [-0.2, -0.15) is 0 Å². The van der Waals surface area contributed by atoms with E-state index in [1.165, 1.54) is 6.08 Å². The maximum atomic E-state index is 12.7. The van der Waals surface area contributed by atoms with Crippen LogP contribution in [0.15, 0.2) is 43.0 Å². The summed E-state index contributed by atoms with van der Waals surface area (Å²) in [5, 5.41) is 9.25. The maximum absolute atomic E-state index is 12.7. The number of hydrogen-bond donors (Lipinski definition) is 1. The Kier molecular flexibility index (Phi) is 3.93. The first-order chi connectivity index (χ1) is 9.91. The average molecular weight is 287 g/mol. The van der Waals surface area contributed by atoms with Crippen LogP contribution in [0.1, 0.15) is 25.3 Å². The van der Waals surface area contributed by atoms with Gasteiger partial charge in [-0.05, 0) is 18.9 Å². The number of benzene rings is 1. The number of rotatable bonds is 5. The Balaban J connectivity index is 2.40. The van der Waals surface area contributed by atoms with Crippen molar-refractivity contribution in [3.63, 3.8) is 0 Å². The van der Waals surface area contributed by atoms with E-state index < -0.39 is 29.2 Å². The highest BCUT2D eigenvalue weighted by molar-refractivity contribution is 6.10. The Hall–Kier alpha value is -2.43. The van der Waals surface area contributed by atoms with E-state index in [-0.39, 0.29) is 12.8 Å². The van der Waals surface area contributed by atoms with Crippen molar-refractivity contribution in [2.45, 2.75) is 31.2 Å². The topological polar surface area (TPSA) is 74.7 Å². The summed E-state index contributed by atoms with van der Waals surface area (Å²) in [5.41, 5.74) is -0.290. The van der Waals surface area contributed by atoms with Crippen molar-refractivity contribution < 1.29 is 19.5 Å². The Bertz CT molecular complexity index is 596. The van der Waals surface area contributed by atoms with Crippen molar-refractivity contribution in [1.29, 1.82) is 0 Å². The van der Waals surface area contributed by atoms with Crippen LogP contribution >= 0.6 is 0 Å². The predicted molar refractivity (Wildman–Crippen MR) is 76.5 cm³/mol. The molecule has 5 heteroatoms. The zero-order valence-corrected chi connectivity index (χ0v) is 11.8. The Labute approximate surface area is 122 Å².